The van der Waals surface area contributed by atoms with Crippen molar-refractivity contribution in [1.29, 1.82) is 0 Å². The van der Waals surface area contributed by atoms with Crippen LogP contribution in [0.5, 0.6) is 0 Å². The van der Waals surface area contributed by atoms with Crippen LogP contribution in [0.4, 0.5) is 0 Å². The molecule has 0 aliphatic rings. The molecule has 0 saturated carbocycles. The summed E-state index contributed by atoms with van der Waals surface area (Å²) >= 11 is 1.73. The summed E-state index contributed by atoms with van der Waals surface area (Å²) in [6.07, 6.45) is 0.962. The van der Waals surface area contributed by atoms with E-state index in [-0.39, 0.29) is 10.9 Å². The lowest BCUT2D eigenvalue weighted by atomic mass is 10.1. The first-order valence-electron chi connectivity index (χ1n) is 10.6. The van der Waals surface area contributed by atoms with Crippen molar-refractivity contribution < 1.29 is 8.42 Å². The fraction of sp³-hybridized carbons (Fsp3) is 0.292. The lowest BCUT2D eigenvalue weighted by molar-refractivity contribution is 0.521. The zero-order chi connectivity index (χ0) is 22.7. The molecule has 0 amide bonds. The summed E-state index contributed by atoms with van der Waals surface area (Å²) in [6.45, 7) is 3.52. The second kappa shape index (κ2) is 9.54. The number of aromatic nitrogens is 2. The molecule has 4 rings (SSSR count). The highest BCUT2D eigenvalue weighted by atomic mass is 32.2. The van der Waals surface area contributed by atoms with E-state index in [9.17, 15) is 8.42 Å². The minimum Gasteiger partial charge on any atom is -0.327 e. The number of sulfonamides is 1. The number of thiophene rings is 1. The van der Waals surface area contributed by atoms with Gasteiger partial charge in [-0.1, -0.05) is 43.3 Å². The maximum absolute atomic E-state index is 12.6. The van der Waals surface area contributed by atoms with Crippen LogP contribution in [-0.4, -0.2) is 36.4 Å². The Morgan fingerprint density at radius 1 is 1.09 bits per heavy atom. The summed E-state index contributed by atoms with van der Waals surface area (Å²) in [5.74, 6) is 0.902. The Kier molecular flexibility index (Phi) is 6.76. The SMILES string of the molecule is CCCn1c(CN[C@@H](c2ccccc2)c2cccs2)nc2cc(S(=O)(=O)N(C)C)ccc21. The van der Waals surface area contributed by atoms with Gasteiger partial charge in [0.1, 0.15) is 5.82 Å². The highest BCUT2D eigenvalue weighted by Gasteiger charge is 2.21. The van der Waals surface area contributed by atoms with Crippen LogP contribution < -0.4 is 5.32 Å². The van der Waals surface area contributed by atoms with Gasteiger partial charge in [-0.05, 0) is 41.6 Å². The van der Waals surface area contributed by atoms with E-state index in [1.165, 1.54) is 14.7 Å². The van der Waals surface area contributed by atoms with Crippen LogP contribution in [0.2, 0.25) is 0 Å². The van der Waals surface area contributed by atoms with Gasteiger partial charge in [0.25, 0.3) is 0 Å². The summed E-state index contributed by atoms with van der Waals surface area (Å²) in [4.78, 5) is 6.34. The average Bonchev–Trinajstić information content (AvgIpc) is 3.43. The van der Waals surface area contributed by atoms with Crippen molar-refractivity contribution in [3.8, 4) is 0 Å². The van der Waals surface area contributed by atoms with Gasteiger partial charge in [0.2, 0.25) is 10.0 Å². The molecular formula is C24H28N4O2S2. The van der Waals surface area contributed by atoms with Crippen molar-refractivity contribution in [2.24, 2.45) is 0 Å². The quantitative estimate of drug-likeness (QED) is 0.389. The number of benzene rings is 2. The fourth-order valence-electron chi connectivity index (χ4n) is 3.82. The zero-order valence-corrected chi connectivity index (χ0v) is 20.2. The summed E-state index contributed by atoms with van der Waals surface area (Å²) in [6, 6.07) is 19.9. The molecule has 0 fully saturated rings. The van der Waals surface area contributed by atoms with Crippen LogP contribution in [0.3, 0.4) is 0 Å². The molecule has 2 heterocycles. The summed E-state index contributed by atoms with van der Waals surface area (Å²) in [7, 11) is -0.425. The summed E-state index contributed by atoms with van der Waals surface area (Å²) in [5, 5.41) is 5.77. The first kappa shape index (κ1) is 22.7. The standard InChI is InChI=1S/C24H28N4O2S2/c1-4-14-28-21-13-12-19(32(29,30)27(2)3)16-20(21)26-23(28)17-25-24(22-11-8-15-31-22)18-9-6-5-7-10-18/h5-13,15-16,24-25H,4,14,17H2,1-3H3/t24-/m0/s1. The number of hydrogen-bond acceptors (Lipinski definition) is 5. The zero-order valence-electron chi connectivity index (χ0n) is 18.5. The normalized spacial score (nSPS) is 13.1. The number of hydrogen-bond donors (Lipinski definition) is 1. The van der Waals surface area contributed by atoms with Gasteiger partial charge >= 0.3 is 0 Å². The molecule has 1 N–H and O–H groups in total. The number of imidazole rings is 1. The van der Waals surface area contributed by atoms with Gasteiger partial charge in [-0.15, -0.1) is 11.3 Å². The van der Waals surface area contributed by atoms with E-state index in [4.69, 9.17) is 4.98 Å². The van der Waals surface area contributed by atoms with Crippen LogP contribution >= 0.6 is 11.3 Å². The largest absolute Gasteiger partial charge is 0.327 e. The molecule has 1 atom stereocenters. The first-order valence-corrected chi connectivity index (χ1v) is 13.0. The third-order valence-corrected chi connectivity index (χ3v) is 8.20. The van der Waals surface area contributed by atoms with Gasteiger partial charge < -0.3 is 4.57 Å². The monoisotopic (exact) mass is 468 g/mol. The van der Waals surface area contributed by atoms with E-state index in [0.717, 1.165) is 24.3 Å². The number of rotatable bonds is 9. The Hall–Kier alpha value is -2.52. The number of fused-ring (bicyclic) bond motifs is 1. The molecule has 0 saturated heterocycles. The molecule has 0 bridgehead atoms. The first-order chi connectivity index (χ1) is 15.4. The molecular weight excluding hydrogens is 440 g/mol. The highest BCUT2D eigenvalue weighted by molar-refractivity contribution is 7.89. The molecule has 168 valence electrons. The van der Waals surface area contributed by atoms with E-state index in [1.807, 2.05) is 12.1 Å². The van der Waals surface area contributed by atoms with Gasteiger partial charge in [0.15, 0.2) is 0 Å². The van der Waals surface area contributed by atoms with E-state index < -0.39 is 10.0 Å². The molecule has 2 aromatic carbocycles. The molecule has 0 spiro atoms. The van der Waals surface area contributed by atoms with Crippen molar-refractivity contribution in [2.75, 3.05) is 14.1 Å². The second-order valence-electron chi connectivity index (χ2n) is 7.86. The Balaban J connectivity index is 1.69. The Labute approximate surface area is 193 Å². The minimum absolute atomic E-state index is 0.0655. The molecule has 2 aromatic heterocycles. The van der Waals surface area contributed by atoms with Crippen LogP contribution in [0.25, 0.3) is 11.0 Å². The van der Waals surface area contributed by atoms with Crippen molar-refractivity contribution in [3.63, 3.8) is 0 Å². The third-order valence-electron chi connectivity index (χ3n) is 5.45. The average molecular weight is 469 g/mol. The van der Waals surface area contributed by atoms with E-state index in [2.05, 4.69) is 58.6 Å². The summed E-state index contributed by atoms with van der Waals surface area (Å²) in [5.41, 5.74) is 2.85. The molecule has 0 aliphatic heterocycles. The van der Waals surface area contributed by atoms with E-state index >= 15 is 0 Å². The van der Waals surface area contributed by atoms with Crippen molar-refractivity contribution in [3.05, 3.63) is 82.3 Å². The minimum atomic E-state index is -3.51. The lowest BCUT2D eigenvalue weighted by Gasteiger charge is -2.18. The molecule has 0 radical (unpaired) electrons. The molecule has 8 heteroatoms. The smallest absolute Gasteiger partial charge is 0.242 e. The Morgan fingerprint density at radius 3 is 2.53 bits per heavy atom. The van der Waals surface area contributed by atoms with Crippen molar-refractivity contribution in [1.82, 2.24) is 19.2 Å². The number of nitrogens with one attached hydrogen (secondary N) is 1. The lowest BCUT2D eigenvalue weighted by Crippen LogP contribution is -2.23. The second-order valence-corrected chi connectivity index (χ2v) is 11.0. The third kappa shape index (κ3) is 4.49. The number of aryl methyl sites for hydroxylation is 1. The van der Waals surface area contributed by atoms with Gasteiger partial charge in [-0.3, -0.25) is 5.32 Å². The van der Waals surface area contributed by atoms with Crippen LogP contribution in [0.15, 0.2) is 70.9 Å². The van der Waals surface area contributed by atoms with E-state index in [0.29, 0.717) is 12.1 Å². The van der Waals surface area contributed by atoms with Crippen LogP contribution in [0.1, 0.15) is 35.7 Å². The predicted molar refractivity (Wildman–Crippen MR) is 130 cm³/mol. The van der Waals surface area contributed by atoms with Gasteiger partial charge in [0.05, 0.1) is 28.5 Å². The topological polar surface area (TPSA) is 67.2 Å². The molecule has 6 nitrogen and oxygen atoms in total. The van der Waals surface area contributed by atoms with Gasteiger partial charge in [-0.2, -0.15) is 0 Å². The molecule has 0 aliphatic carbocycles. The van der Waals surface area contributed by atoms with Crippen molar-refractivity contribution >= 4 is 32.4 Å². The summed E-state index contributed by atoms with van der Waals surface area (Å²) < 4.78 is 28.6. The van der Waals surface area contributed by atoms with Gasteiger partial charge in [0, 0.05) is 25.5 Å². The molecule has 0 unspecified atom stereocenters. The van der Waals surface area contributed by atoms with Crippen LogP contribution in [-0.2, 0) is 23.1 Å². The van der Waals surface area contributed by atoms with Crippen molar-refractivity contribution in [2.45, 2.75) is 37.4 Å². The molecule has 32 heavy (non-hydrogen) atoms. The Bertz CT molecular complexity index is 1280. The van der Waals surface area contributed by atoms with Crippen LogP contribution in [0, 0.1) is 0 Å². The van der Waals surface area contributed by atoms with E-state index in [1.54, 1.807) is 37.6 Å². The van der Waals surface area contributed by atoms with Gasteiger partial charge in [-0.25, -0.2) is 17.7 Å². The fourth-order valence-corrected chi connectivity index (χ4v) is 5.57. The molecule has 4 aromatic rings. The number of nitrogens with zero attached hydrogens (tertiary/aromatic N) is 3. The highest BCUT2D eigenvalue weighted by Crippen LogP contribution is 2.27. The predicted octanol–water partition coefficient (Wildman–Crippen LogP) is 4.64. The maximum Gasteiger partial charge on any atom is 0.242 e. The maximum atomic E-state index is 12.6. The Morgan fingerprint density at radius 2 is 1.88 bits per heavy atom.